The van der Waals surface area contributed by atoms with Crippen molar-refractivity contribution in [2.24, 2.45) is 5.92 Å². The SMILES string of the molecule is CCOCCN1CCCC(CCCl)C1. The molecule has 0 amide bonds. The molecule has 3 heteroatoms. The Bertz CT molecular complexity index is 141. The minimum atomic E-state index is 0.809. The molecule has 14 heavy (non-hydrogen) atoms. The molecule has 1 heterocycles. The predicted octanol–water partition coefficient (Wildman–Crippen LogP) is 2.36. The van der Waals surface area contributed by atoms with Crippen molar-refractivity contribution in [1.82, 2.24) is 4.90 Å². The van der Waals surface area contributed by atoms with Gasteiger partial charge in [0.05, 0.1) is 6.61 Å². The van der Waals surface area contributed by atoms with Gasteiger partial charge in [-0.3, -0.25) is 0 Å². The van der Waals surface area contributed by atoms with E-state index in [-0.39, 0.29) is 0 Å². The Morgan fingerprint density at radius 1 is 1.50 bits per heavy atom. The molecule has 84 valence electrons. The molecule has 0 N–H and O–H groups in total. The van der Waals surface area contributed by atoms with Crippen molar-refractivity contribution >= 4 is 11.6 Å². The lowest BCUT2D eigenvalue weighted by atomic mass is 9.96. The van der Waals surface area contributed by atoms with Crippen LogP contribution in [0.5, 0.6) is 0 Å². The first kappa shape index (κ1) is 12.3. The maximum absolute atomic E-state index is 5.77. The van der Waals surface area contributed by atoms with Crippen LogP contribution in [0.25, 0.3) is 0 Å². The summed E-state index contributed by atoms with van der Waals surface area (Å²) in [6.45, 7) is 7.31. The van der Waals surface area contributed by atoms with E-state index in [1.165, 1.54) is 32.4 Å². The third kappa shape index (κ3) is 4.63. The van der Waals surface area contributed by atoms with Crippen molar-refractivity contribution in [2.75, 3.05) is 38.7 Å². The highest BCUT2D eigenvalue weighted by atomic mass is 35.5. The van der Waals surface area contributed by atoms with Crippen LogP contribution in [0.2, 0.25) is 0 Å². The van der Waals surface area contributed by atoms with Crippen LogP contribution in [0, 0.1) is 5.92 Å². The number of likely N-dealkylation sites (tertiary alicyclic amines) is 1. The molecule has 1 unspecified atom stereocenters. The number of ether oxygens (including phenoxy) is 1. The number of hydrogen-bond donors (Lipinski definition) is 0. The third-order valence-corrected chi connectivity index (χ3v) is 3.09. The first-order chi connectivity index (χ1) is 6.86. The van der Waals surface area contributed by atoms with E-state index in [4.69, 9.17) is 16.3 Å². The Morgan fingerprint density at radius 2 is 2.36 bits per heavy atom. The molecule has 0 aromatic carbocycles. The van der Waals surface area contributed by atoms with Gasteiger partial charge in [-0.1, -0.05) is 0 Å². The van der Waals surface area contributed by atoms with Crippen LogP contribution >= 0.6 is 11.6 Å². The fourth-order valence-electron chi connectivity index (χ4n) is 2.08. The lowest BCUT2D eigenvalue weighted by molar-refractivity contribution is 0.0913. The standard InChI is InChI=1S/C11H22ClNO/c1-2-14-9-8-13-7-3-4-11(10-13)5-6-12/h11H,2-10H2,1H3. The van der Waals surface area contributed by atoms with E-state index in [2.05, 4.69) is 4.90 Å². The van der Waals surface area contributed by atoms with Gasteiger partial charge < -0.3 is 9.64 Å². The van der Waals surface area contributed by atoms with E-state index in [0.29, 0.717) is 0 Å². The fourth-order valence-corrected chi connectivity index (χ4v) is 2.39. The molecular formula is C11H22ClNO. The molecule has 2 nitrogen and oxygen atoms in total. The minimum absolute atomic E-state index is 0.809. The van der Waals surface area contributed by atoms with Crippen molar-refractivity contribution in [1.29, 1.82) is 0 Å². The number of nitrogens with zero attached hydrogens (tertiary/aromatic N) is 1. The zero-order valence-electron chi connectivity index (χ0n) is 9.17. The van der Waals surface area contributed by atoms with E-state index in [0.717, 1.165) is 31.6 Å². The summed E-state index contributed by atoms with van der Waals surface area (Å²) in [5.41, 5.74) is 0. The van der Waals surface area contributed by atoms with Gasteiger partial charge >= 0.3 is 0 Å². The van der Waals surface area contributed by atoms with Gasteiger partial charge in [-0.15, -0.1) is 11.6 Å². The van der Waals surface area contributed by atoms with Gasteiger partial charge in [0.1, 0.15) is 0 Å². The van der Waals surface area contributed by atoms with E-state index in [1.807, 2.05) is 6.92 Å². The summed E-state index contributed by atoms with van der Waals surface area (Å²) in [5.74, 6) is 1.63. The van der Waals surface area contributed by atoms with Gasteiger partial charge in [0.15, 0.2) is 0 Å². The zero-order valence-corrected chi connectivity index (χ0v) is 9.93. The summed E-state index contributed by atoms with van der Waals surface area (Å²) >= 11 is 5.77. The van der Waals surface area contributed by atoms with Gasteiger partial charge in [-0.2, -0.15) is 0 Å². The topological polar surface area (TPSA) is 12.5 Å². The van der Waals surface area contributed by atoms with E-state index in [9.17, 15) is 0 Å². The quantitative estimate of drug-likeness (QED) is 0.503. The van der Waals surface area contributed by atoms with Gasteiger partial charge in [-0.05, 0) is 38.6 Å². The molecule has 0 radical (unpaired) electrons. The second kappa shape index (κ2) is 7.49. The first-order valence-electron chi connectivity index (χ1n) is 5.73. The van der Waals surface area contributed by atoms with Crippen LogP contribution in [-0.2, 0) is 4.74 Å². The molecular weight excluding hydrogens is 198 g/mol. The molecule has 1 aliphatic heterocycles. The van der Waals surface area contributed by atoms with Gasteiger partial charge in [0.2, 0.25) is 0 Å². The Hall–Kier alpha value is 0.210. The average molecular weight is 220 g/mol. The van der Waals surface area contributed by atoms with Crippen LogP contribution in [0.4, 0.5) is 0 Å². The summed E-state index contributed by atoms with van der Waals surface area (Å²) in [6, 6.07) is 0. The monoisotopic (exact) mass is 219 g/mol. The highest BCUT2D eigenvalue weighted by Gasteiger charge is 2.18. The molecule has 1 atom stereocenters. The zero-order chi connectivity index (χ0) is 10.2. The van der Waals surface area contributed by atoms with Crippen molar-refractivity contribution < 1.29 is 4.74 Å². The van der Waals surface area contributed by atoms with Crippen LogP contribution < -0.4 is 0 Å². The first-order valence-corrected chi connectivity index (χ1v) is 6.26. The molecule has 1 fully saturated rings. The van der Waals surface area contributed by atoms with E-state index < -0.39 is 0 Å². The number of rotatable bonds is 6. The van der Waals surface area contributed by atoms with Crippen molar-refractivity contribution in [3.05, 3.63) is 0 Å². The normalized spacial score (nSPS) is 24.0. The molecule has 0 aromatic heterocycles. The molecule has 0 aromatic rings. The number of alkyl halides is 1. The van der Waals surface area contributed by atoms with Crippen molar-refractivity contribution in [3.63, 3.8) is 0 Å². The lowest BCUT2D eigenvalue weighted by Crippen LogP contribution is -2.37. The smallest absolute Gasteiger partial charge is 0.0593 e. The molecule has 1 rings (SSSR count). The van der Waals surface area contributed by atoms with Gasteiger partial charge in [-0.25, -0.2) is 0 Å². The molecule has 0 bridgehead atoms. The maximum atomic E-state index is 5.77. The predicted molar refractivity (Wildman–Crippen MR) is 61.0 cm³/mol. The molecule has 0 saturated carbocycles. The molecule has 1 aliphatic rings. The second-order valence-corrected chi connectivity index (χ2v) is 4.36. The molecule has 1 saturated heterocycles. The second-order valence-electron chi connectivity index (χ2n) is 3.98. The van der Waals surface area contributed by atoms with Crippen molar-refractivity contribution in [3.8, 4) is 0 Å². The summed E-state index contributed by atoms with van der Waals surface area (Å²) in [4.78, 5) is 2.51. The Labute approximate surface area is 92.6 Å². The van der Waals surface area contributed by atoms with E-state index in [1.54, 1.807) is 0 Å². The number of halogens is 1. The lowest BCUT2D eigenvalue weighted by Gasteiger charge is -2.32. The highest BCUT2D eigenvalue weighted by Crippen LogP contribution is 2.19. The largest absolute Gasteiger partial charge is 0.380 e. The van der Waals surface area contributed by atoms with Gasteiger partial charge in [0.25, 0.3) is 0 Å². The number of hydrogen-bond acceptors (Lipinski definition) is 2. The Balaban J connectivity index is 2.12. The van der Waals surface area contributed by atoms with Crippen LogP contribution in [0.15, 0.2) is 0 Å². The van der Waals surface area contributed by atoms with Gasteiger partial charge in [0, 0.05) is 25.6 Å². The van der Waals surface area contributed by atoms with Crippen LogP contribution in [0.1, 0.15) is 26.2 Å². The summed E-state index contributed by atoms with van der Waals surface area (Å²) < 4.78 is 5.36. The molecule has 0 aliphatic carbocycles. The number of piperidine rings is 1. The minimum Gasteiger partial charge on any atom is -0.380 e. The van der Waals surface area contributed by atoms with Crippen molar-refractivity contribution in [2.45, 2.75) is 26.2 Å². The third-order valence-electron chi connectivity index (χ3n) is 2.88. The van der Waals surface area contributed by atoms with E-state index >= 15 is 0 Å². The average Bonchev–Trinajstić information content (AvgIpc) is 2.19. The fraction of sp³-hybridized carbons (Fsp3) is 1.00. The molecule has 0 spiro atoms. The highest BCUT2D eigenvalue weighted by molar-refractivity contribution is 6.17. The van der Waals surface area contributed by atoms with Crippen LogP contribution in [0.3, 0.4) is 0 Å². The maximum Gasteiger partial charge on any atom is 0.0593 e. The Morgan fingerprint density at radius 3 is 3.07 bits per heavy atom. The summed E-state index contributed by atoms with van der Waals surface area (Å²) in [7, 11) is 0. The Kier molecular flexibility index (Phi) is 6.57. The summed E-state index contributed by atoms with van der Waals surface area (Å²) in [5, 5.41) is 0. The van der Waals surface area contributed by atoms with Crippen LogP contribution in [-0.4, -0.2) is 43.6 Å². The summed E-state index contributed by atoms with van der Waals surface area (Å²) in [6.07, 6.45) is 3.86.